The zero-order valence-corrected chi connectivity index (χ0v) is 20.1. The molecule has 1 aliphatic rings. The molecule has 32 heavy (non-hydrogen) atoms. The predicted octanol–water partition coefficient (Wildman–Crippen LogP) is 3.61. The number of benzene rings is 2. The molecule has 0 aliphatic carbocycles. The quantitative estimate of drug-likeness (QED) is 0.485. The zero-order valence-electron chi connectivity index (χ0n) is 18.5. The van der Waals surface area contributed by atoms with Crippen molar-refractivity contribution in [3.8, 4) is 0 Å². The fourth-order valence-electron chi connectivity index (χ4n) is 3.48. The highest BCUT2D eigenvalue weighted by molar-refractivity contribution is 7.98. The lowest BCUT2D eigenvalue weighted by Gasteiger charge is -2.30. The van der Waals surface area contributed by atoms with Crippen molar-refractivity contribution < 1.29 is 22.7 Å². The standard InChI is InChI=1S/C23H28N2O5S2/c1-16-4-9-21(14-17(16)2)32(28,29)25-12-10-18(11-13-25)23(27)30-15-22(26)24-19-5-7-20(31-3)8-6-19/h4-9,14,18H,10-13,15H2,1-3H3,(H,24,26). The van der Waals surface area contributed by atoms with Crippen LogP contribution >= 0.6 is 11.8 Å². The minimum absolute atomic E-state index is 0.239. The number of rotatable bonds is 7. The molecule has 2 aromatic carbocycles. The lowest BCUT2D eigenvalue weighted by molar-refractivity contribution is -0.152. The smallest absolute Gasteiger partial charge is 0.309 e. The van der Waals surface area contributed by atoms with Gasteiger partial charge in [0.1, 0.15) is 0 Å². The number of thioether (sulfide) groups is 1. The average molecular weight is 477 g/mol. The van der Waals surface area contributed by atoms with Gasteiger partial charge in [-0.25, -0.2) is 8.42 Å². The van der Waals surface area contributed by atoms with Crippen LogP contribution in [-0.4, -0.2) is 50.6 Å². The van der Waals surface area contributed by atoms with E-state index in [-0.39, 0.29) is 24.6 Å². The Bertz CT molecular complexity index is 1080. The monoisotopic (exact) mass is 476 g/mol. The second-order valence-electron chi connectivity index (χ2n) is 7.81. The van der Waals surface area contributed by atoms with Crippen LogP contribution in [0.5, 0.6) is 0 Å². The maximum absolute atomic E-state index is 12.9. The van der Waals surface area contributed by atoms with Crippen molar-refractivity contribution in [2.75, 3.05) is 31.3 Å². The minimum atomic E-state index is -3.60. The summed E-state index contributed by atoms with van der Waals surface area (Å²) < 4.78 is 32.4. The lowest BCUT2D eigenvalue weighted by Crippen LogP contribution is -2.41. The number of esters is 1. The van der Waals surface area contributed by atoms with Gasteiger partial charge in [0.25, 0.3) is 5.91 Å². The number of ether oxygens (including phenoxy) is 1. The van der Waals surface area contributed by atoms with Gasteiger partial charge in [-0.05, 0) is 80.5 Å². The van der Waals surface area contributed by atoms with Gasteiger partial charge in [0.05, 0.1) is 10.8 Å². The Hall–Kier alpha value is -2.36. The Morgan fingerprint density at radius 3 is 2.31 bits per heavy atom. The van der Waals surface area contributed by atoms with E-state index in [0.717, 1.165) is 16.0 Å². The first-order chi connectivity index (χ1) is 15.2. The number of nitrogens with zero attached hydrogens (tertiary/aromatic N) is 1. The van der Waals surface area contributed by atoms with Crippen LogP contribution < -0.4 is 5.32 Å². The van der Waals surface area contributed by atoms with E-state index in [1.807, 2.05) is 32.2 Å². The molecule has 0 saturated carbocycles. The van der Waals surface area contributed by atoms with Gasteiger partial charge in [0.15, 0.2) is 6.61 Å². The van der Waals surface area contributed by atoms with Crippen molar-refractivity contribution in [1.82, 2.24) is 4.31 Å². The summed E-state index contributed by atoms with van der Waals surface area (Å²) in [5.41, 5.74) is 2.59. The van der Waals surface area contributed by atoms with Gasteiger partial charge in [-0.3, -0.25) is 9.59 Å². The van der Waals surface area contributed by atoms with E-state index in [2.05, 4.69) is 5.32 Å². The number of anilines is 1. The molecule has 1 aliphatic heterocycles. The fraction of sp³-hybridized carbons (Fsp3) is 0.391. The molecule has 172 valence electrons. The Labute approximate surface area is 193 Å². The van der Waals surface area contributed by atoms with Gasteiger partial charge in [-0.2, -0.15) is 4.31 Å². The molecule has 0 atom stereocenters. The minimum Gasteiger partial charge on any atom is -0.455 e. The molecule has 0 radical (unpaired) electrons. The first kappa shape index (κ1) is 24.3. The first-order valence-electron chi connectivity index (χ1n) is 10.4. The number of hydrogen-bond donors (Lipinski definition) is 1. The fourth-order valence-corrected chi connectivity index (χ4v) is 5.44. The maximum atomic E-state index is 12.9. The summed E-state index contributed by atoms with van der Waals surface area (Å²) >= 11 is 1.60. The molecule has 0 aromatic heterocycles. The molecule has 0 spiro atoms. The number of carbonyl (C=O) groups is 2. The average Bonchev–Trinajstić information content (AvgIpc) is 2.79. The van der Waals surface area contributed by atoms with E-state index in [0.29, 0.717) is 18.5 Å². The number of aryl methyl sites for hydroxylation is 2. The van der Waals surface area contributed by atoms with Crippen LogP contribution in [0.1, 0.15) is 24.0 Å². The van der Waals surface area contributed by atoms with E-state index in [4.69, 9.17) is 4.74 Å². The van der Waals surface area contributed by atoms with E-state index < -0.39 is 27.8 Å². The summed E-state index contributed by atoms with van der Waals surface area (Å²) in [6, 6.07) is 12.5. The second-order valence-corrected chi connectivity index (χ2v) is 10.6. The predicted molar refractivity (Wildman–Crippen MR) is 125 cm³/mol. The lowest BCUT2D eigenvalue weighted by atomic mass is 9.98. The van der Waals surface area contributed by atoms with Crippen LogP contribution in [0.3, 0.4) is 0 Å². The Balaban J connectivity index is 1.48. The number of hydrogen-bond acceptors (Lipinski definition) is 6. The van der Waals surface area contributed by atoms with Crippen molar-refractivity contribution in [3.05, 3.63) is 53.6 Å². The van der Waals surface area contributed by atoms with Crippen molar-refractivity contribution in [1.29, 1.82) is 0 Å². The highest BCUT2D eigenvalue weighted by Crippen LogP contribution is 2.26. The molecular formula is C23H28N2O5S2. The molecule has 1 N–H and O–H groups in total. The molecule has 1 heterocycles. The molecule has 1 saturated heterocycles. The van der Waals surface area contributed by atoms with Gasteiger partial charge in [0.2, 0.25) is 10.0 Å². The third-order valence-corrected chi connectivity index (χ3v) is 8.26. The largest absolute Gasteiger partial charge is 0.455 e. The highest BCUT2D eigenvalue weighted by atomic mass is 32.2. The van der Waals surface area contributed by atoms with Crippen LogP contribution in [0, 0.1) is 19.8 Å². The molecule has 1 fully saturated rings. The third-order valence-electron chi connectivity index (χ3n) is 5.62. The number of carbonyl (C=O) groups excluding carboxylic acids is 2. The molecular weight excluding hydrogens is 448 g/mol. The van der Waals surface area contributed by atoms with E-state index in [1.165, 1.54) is 4.31 Å². The summed E-state index contributed by atoms with van der Waals surface area (Å²) in [6.07, 6.45) is 2.69. The van der Waals surface area contributed by atoms with Crippen molar-refractivity contribution >= 4 is 39.3 Å². The number of piperidine rings is 1. The van der Waals surface area contributed by atoms with Gasteiger partial charge >= 0.3 is 5.97 Å². The van der Waals surface area contributed by atoms with Gasteiger partial charge in [-0.1, -0.05) is 6.07 Å². The van der Waals surface area contributed by atoms with E-state index in [1.54, 1.807) is 42.1 Å². The Morgan fingerprint density at radius 1 is 1.06 bits per heavy atom. The molecule has 2 aromatic rings. The van der Waals surface area contributed by atoms with Crippen LogP contribution in [0.2, 0.25) is 0 Å². The molecule has 3 rings (SSSR count). The number of nitrogens with one attached hydrogen (secondary N) is 1. The topological polar surface area (TPSA) is 92.8 Å². The van der Waals surface area contributed by atoms with Crippen LogP contribution in [0.25, 0.3) is 0 Å². The third kappa shape index (κ3) is 5.90. The zero-order chi connectivity index (χ0) is 23.3. The van der Waals surface area contributed by atoms with Crippen molar-refractivity contribution in [2.24, 2.45) is 5.92 Å². The molecule has 0 bridgehead atoms. The van der Waals surface area contributed by atoms with Gasteiger partial charge in [-0.15, -0.1) is 11.8 Å². The van der Waals surface area contributed by atoms with E-state index in [9.17, 15) is 18.0 Å². The van der Waals surface area contributed by atoms with E-state index >= 15 is 0 Å². The molecule has 0 unspecified atom stereocenters. The normalized spacial score (nSPS) is 15.3. The van der Waals surface area contributed by atoms with Crippen molar-refractivity contribution in [3.63, 3.8) is 0 Å². The van der Waals surface area contributed by atoms with Gasteiger partial charge < -0.3 is 10.1 Å². The van der Waals surface area contributed by atoms with Crippen LogP contribution in [-0.2, 0) is 24.3 Å². The maximum Gasteiger partial charge on any atom is 0.309 e. The summed E-state index contributed by atoms with van der Waals surface area (Å²) in [7, 11) is -3.60. The summed E-state index contributed by atoms with van der Waals surface area (Å²) in [6.45, 7) is 3.92. The first-order valence-corrected chi connectivity index (χ1v) is 13.0. The molecule has 7 nitrogen and oxygen atoms in total. The van der Waals surface area contributed by atoms with Gasteiger partial charge in [0, 0.05) is 23.7 Å². The number of sulfonamides is 1. The second kappa shape index (κ2) is 10.5. The summed E-state index contributed by atoms with van der Waals surface area (Å²) in [5, 5.41) is 2.69. The molecule has 1 amide bonds. The summed E-state index contributed by atoms with van der Waals surface area (Å²) in [5.74, 6) is -1.30. The summed E-state index contributed by atoms with van der Waals surface area (Å²) in [4.78, 5) is 25.8. The van der Waals surface area contributed by atoms with Crippen LogP contribution in [0.15, 0.2) is 52.3 Å². The Morgan fingerprint density at radius 2 is 1.72 bits per heavy atom. The highest BCUT2D eigenvalue weighted by Gasteiger charge is 2.33. The number of amides is 1. The Kier molecular flexibility index (Phi) is 7.97. The van der Waals surface area contributed by atoms with Crippen molar-refractivity contribution in [2.45, 2.75) is 36.5 Å². The SMILES string of the molecule is CSc1ccc(NC(=O)COC(=O)C2CCN(S(=O)(=O)c3ccc(C)c(C)c3)CC2)cc1. The molecule has 9 heteroatoms. The van der Waals surface area contributed by atoms with Crippen LogP contribution in [0.4, 0.5) is 5.69 Å².